The SMILES string of the molecule is CC(C)COC(=O)C(C)n1cc([N+](=O)[O-])ccc1=O. The molecule has 0 saturated carbocycles. The number of carbonyl (C=O) groups is 1. The molecular weight excluding hydrogens is 252 g/mol. The molecule has 1 unspecified atom stereocenters. The third-order valence-corrected chi connectivity index (χ3v) is 2.45. The smallest absolute Gasteiger partial charge is 0.328 e. The molecule has 104 valence electrons. The zero-order valence-corrected chi connectivity index (χ0v) is 11.0. The maximum Gasteiger partial charge on any atom is 0.328 e. The largest absolute Gasteiger partial charge is 0.464 e. The molecule has 0 N–H and O–H groups in total. The Kier molecular flexibility index (Phi) is 4.80. The predicted octanol–water partition coefficient (Wildman–Crippen LogP) is 1.52. The van der Waals surface area contributed by atoms with E-state index in [1.54, 1.807) is 0 Å². The van der Waals surface area contributed by atoms with Gasteiger partial charge in [-0.3, -0.25) is 19.5 Å². The van der Waals surface area contributed by atoms with Gasteiger partial charge < -0.3 is 4.74 Å². The van der Waals surface area contributed by atoms with Crippen LogP contribution >= 0.6 is 0 Å². The summed E-state index contributed by atoms with van der Waals surface area (Å²) in [7, 11) is 0. The van der Waals surface area contributed by atoms with E-state index in [-0.39, 0.29) is 18.2 Å². The molecule has 0 aliphatic carbocycles. The van der Waals surface area contributed by atoms with E-state index >= 15 is 0 Å². The standard InChI is InChI=1S/C12H16N2O5/c1-8(2)7-19-12(16)9(3)13-6-10(14(17)18)4-5-11(13)15/h4-6,8-9H,7H2,1-3H3. The Balaban J connectivity index is 2.95. The van der Waals surface area contributed by atoms with E-state index in [9.17, 15) is 19.7 Å². The van der Waals surface area contributed by atoms with Crippen LogP contribution in [0.3, 0.4) is 0 Å². The summed E-state index contributed by atoms with van der Waals surface area (Å²) in [5, 5.41) is 10.6. The van der Waals surface area contributed by atoms with Gasteiger partial charge in [0.25, 0.3) is 11.2 Å². The monoisotopic (exact) mass is 268 g/mol. The lowest BCUT2D eigenvalue weighted by molar-refractivity contribution is -0.385. The molecule has 0 spiro atoms. The van der Waals surface area contributed by atoms with Crippen LogP contribution in [0.4, 0.5) is 5.69 Å². The topological polar surface area (TPSA) is 91.4 Å². The second kappa shape index (κ2) is 6.12. The van der Waals surface area contributed by atoms with Gasteiger partial charge in [0.05, 0.1) is 17.7 Å². The van der Waals surface area contributed by atoms with Gasteiger partial charge in [-0.15, -0.1) is 0 Å². The highest BCUT2D eigenvalue weighted by Crippen LogP contribution is 2.12. The van der Waals surface area contributed by atoms with Crippen molar-refractivity contribution < 1.29 is 14.5 Å². The fourth-order valence-corrected chi connectivity index (χ4v) is 1.39. The van der Waals surface area contributed by atoms with Crippen molar-refractivity contribution in [2.24, 2.45) is 5.92 Å². The van der Waals surface area contributed by atoms with Crippen molar-refractivity contribution >= 4 is 11.7 Å². The first kappa shape index (κ1) is 14.9. The molecule has 1 aromatic heterocycles. The molecule has 0 saturated heterocycles. The summed E-state index contributed by atoms with van der Waals surface area (Å²) in [5.74, 6) is -0.408. The molecular formula is C12H16N2O5. The number of hydrogen-bond acceptors (Lipinski definition) is 5. The number of ether oxygens (including phenoxy) is 1. The minimum atomic E-state index is -0.897. The van der Waals surface area contributed by atoms with Crippen molar-refractivity contribution in [3.63, 3.8) is 0 Å². The van der Waals surface area contributed by atoms with E-state index in [1.807, 2.05) is 13.8 Å². The summed E-state index contributed by atoms with van der Waals surface area (Å²) in [4.78, 5) is 33.4. The van der Waals surface area contributed by atoms with Crippen molar-refractivity contribution in [2.45, 2.75) is 26.8 Å². The first-order valence-corrected chi connectivity index (χ1v) is 5.86. The summed E-state index contributed by atoms with van der Waals surface area (Å²) < 4.78 is 6.01. The van der Waals surface area contributed by atoms with Crippen LogP contribution in [0.5, 0.6) is 0 Å². The van der Waals surface area contributed by atoms with Crippen LogP contribution in [-0.4, -0.2) is 22.1 Å². The van der Waals surface area contributed by atoms with Gasteiger partial charge in [0.15, 0.2) is 0 Å². The van der Waals surface area contributed by atoms with Crippen molar-refractivity contribution in [1.29, 1.82) is 0 Å². The predicted molar refractivity (Wildman–Crippen MR) is 67.9 cm³/mol. The number of carbonyl (C=O) groups excluding carboxylic acids is 1. The Morgan fingerprint density at radius 3 is 2.58 bits per heavy atom. The van der Waals surface area contributed by atoms with E-state index in [2.05, 4.69) is 0 Å². The van der Waals surface area contributed by atoms with Gasteiger partial charge in [-0.25, -0.2) is 4.79 Å². The average molecular weight is 268 g/mol. The van der Waals surface area contributed by atoms with E-state index < -0.39 is 22.5 Å². The van der Waals surface area contributed by atoms with Crippen molar-refractivity contribution in [2.75, 3.05) is 6.61 Å². The first-order valence-electron chi connectivity index (χ1n) is 5.86. The van der Waals surface area contributed by atoms with Crippen LogP contribution in [0.2, 0.25) is 0 Å². The minimum Gasteiger partial charge on any atom is -0.464 e. The maximum atomic E-state index is 11.7. The summed E-state index contributed by atoms with van der Waals surface area (Å²) in [6.07, 6.45) is 1.05. The molecule has 0 fully saturated rings. The fourth-order valence-electron chi connectivity index (χ4n) is 1.39. The number of aromatic nitrogens is 1. The Morgan fingerprint density at radius 1 is 1.42 bits per heavy atom. The van der Waals surface area contributed by atoms with Gasteiger partial charge in [-0.1, -0.05) is 13.8 Å². The molecule has 0 amide bonds. The highest BCUT2D eigenvalue weighted by molar-refractivity contribution is 5.73. The third-order valence-electron chi connectivity index (χ3n) is 2.45. The molecule has 1 aromatic rings. The van der Waals surface area contributed by atoms with Gasteiger partial charge in [0.1, 0.15) is 6.04 Å². The Labute approximate surface area is 110 Å². The number of pyridine rings is 1. The van der Waals surface area contributed by atoms with E-state index in [1.165, 1.54) is 6.92 Å². The second-order valence-corrected chi connectivity index (χ2v) is 4.59. The van der Waals surface area contributed by atoms with Gasteiger partial charge in [0.2, 0.25) is 0 Å². The Bertz CT molecular complexity index is 535. The van der Waals surface area contributed by atoms with Crippen LogP contribution in [0.15, 0.2) is 23.1 Å². The molecule has 1 atom stereocenters. The lowest BCUT2D eigenvalue weighted by Gasteiger charge is -2.14. The number of nitrogens with zero attached hydrogens (tertiary/aromatic N) is 2. The highest BCUT2D eigenvalue weighted by Gasteiger charge is 2.20. The number of nitro groups is 1. The van der Waals surface area contributed by atoms with Crippen LogP contribution in [0.25, 0.3) is 0 Å². The second-order valence-electron chi connectivity index (χ2n) is 4.59. The molecule has 0 radical (unpaired) electrons. The molecule has 0 aliphatic heterocycles. The quantitative estimate of drug-likeness (QED) is 0.458. The third kappa shape index (κ3) is 3.90. The fraction of sp³-hybridized carbons (Fsp3) is 0.500. The molecule has 1 rings (SSSR count). The Morgan fingerprint density at radius 2 is 2.05 bits per heavy atom. The van der Waals surface area contributed by atoms with Crippen molar-refractivity contribution in [3.8, 4) is 0 Å². The van der Waals surface area contributed by atoms with Gasteiger partial charge in [-0.05, 0) is 12.8 Å². The van der Waals surface area contributed by atoms with E-state index in [0.717, 1.165) is 22.9 Å². The van der Waals surface area contributed by atoms with E-state index in [4.69, 9.17) is 4.74 Å². The van der Waals surface area contributed by atoms with Crippen molar-refractivity contribution in [3.05, 3.63) is 38.8 Å². The lowest BCUT2D eigenvalue weighted by Crippen LogP contribution is -2.29. The van der Waals surface area contributed by atoms with Crippen molar-refractivity contribution in [1.82, 2.24) is 4.57 Å². The first-order chi connectivity index (χ1) is 8.82. The Hall–Kier alpha value is -2.18. The summed E-state index contributed by atoms with van der Waals surface area (Å²) in [6.45, 7) is 5.48. The molecule has 19 heavy (non-hydrogen) atoms. The van der Waals surface area contributed by atoms with Gasteiger partial charge in [0, 0.05) is 12.1 Å². The zero-order chi connectivity index (χ0) is 14.6. The average Bonchev–Trinajstić information content (AvgIpc) is 2.35. The lowest BCUT2D eigenvalue weighted by atomic mass is 10.2. The minimum absolute atomic E-state index is 0.179. The normalized spacial score (nSPS) is 12.2. The van der Waals surface area contributed by atoms with Crippen LogP contribution in [0, 0.1) is 16.0 Å². The zero-order valence-electron chi connectivity index (χ0n) is 11.0. The highest BCUT2D eigenvalue weighted by atomic mass is 16.6. The molecule has 0 bridgehead atoms. The number of esters is 1. The van der Waals surface area contributed by atoms with Crippen LogP contribution in [-0.2, 0) is 9.53 Å². The van der Waals surface area contributed by atoms with Gasteiger partial charge in [-0.2, -0.15) is 0 Å². The molecule has 1 heterocycles. The number of rotatable bonds is 5. The molecule has 7 nitrogen and oxygen atoms in total. The molecule has 0 aromatic carbocycles. The summed E-state index contributed by atoms with van der Waals surface area (Å²) in [6, 6.07) is 1.26. The van der Waals surface area contributed by atoms with Gasteiger partial charge >= 0.3 is 5.97 Å². The molecule has 0 aliphatic rings. The summed E-state index contributed by atoms with van der Waals surface area (Å²) >= 11 is 0. The molecule has 7 heteroatoms. The number of hydrogen-bond donors (Lipinski definition) is 0. The maximum absolute atomic E-state index is 11.7. The van der Waals surface area contributed by atoms with E-state index in [0.29, 0.717) is 0 Å². The summed E-state index contributed by atoms with van der Waals surface area (Å²) in [5.41, 5.74) is -0.734. The van der Waals surface area contributed by atoms with Crippen LogP contribution in [0.1, 0.15) is 26.8 Å². The van der Waals surface area contributed by atoms with Crippen LogP contribution < -0.4 is 5.56 Å².